The van der Waals surface area contributed by atoms with E-state index in [1.54, 1.807) is 11.3 Å². The predicted octanol–water partition coefficient (Wildman–Crippen LogP) is 3.81. The number of benzene rings is 1. The Morgan fingerprint density at radius 1 is 1.27 bits per heavy atom. The number of hydrogen-bond acceptors (Lipinski definition) is 3. The second-order valence-electron chi connectivity index (χ2n) is 3.38. The van der Waals surface area contributed by atoms with Gasteiger partial charge in [0.1, 0.15) is 10.0 Å². The Hall–Kier alpha value is -0.930. The van der Waals surface area contributed by atoms with Crippen molar-refractivity contribution in [2.24, 2.45) is 0 Å². The Kier molecular flexibility index (Phi) is 3.03. The molecule has 0 saturated carbocycles. The Balaban J connectivity index is 2.42. The summed E-state index contributed by atoms with van der Waals surface area (Å²) in [5, 5.41) is 9.96. The molecule has 1 unspecified atom stereocenters. The van der Waals surface area contributed by atoms with Gasteiger partial charge in [-0.1, -0.05) is 35.6 Å². The molecule has 1 aromatic carbocycles. The predicted molar refractivity (Wildman–Crippen MR) is 64.4 cm³/mol. The molecule has 1 aromatic heterocycles. The molecule has 0 amide bonds. The summed E-state index contributed by atoms with van der Waals surface area (Å²) in [6, 6.07) is 8.15. The molecule has 0 bridgehead atoms. The Morgan fingerprint density at radius 3 is 2.60 bits per heavy atom. The maximum absolute atomic E-state index is 5.95. The van der Waals surface area contributed by atoms with Gasteiger partial charge in [-0.2, -0.15) is 0 Å². The maximum Gasteiger partial charge on any atom is 0.148 e. The van der Waals surface area contributed by atoms with E-state index in [2.05, 4.69) is 29.3 Å². The van der Waals surface area contributed by atoms with Gasteiger partial charge in [0.05, 0.1) is 5.38 Å². The van der Waals surface area contributed by atoms with Crippen molar-refractivity contribution in [1.29, 1.82) is 0 Å². The van der Waals surface area contributed by atoms with E-state index in [0.29, 0.717) is 0 Å². The minimum atomic E-state index is -0.0692. The highest BCUT2D eigenvalue weighted by Crippen LogP contribution is 2.30. The molecule has 2 aromatic rings. The third-order valence-electron chi connectivity index (χ3n) is 2.16. The summed E-state index contributed by atoms with van der Waals surface area (Å²) in [6.07, 6.45) is 0. The van der Waals surface area contributed by atoms with Gasteiger partial charge in [0.15, 0.2) is 0 Å². The van der Waals surface area contributed by atoms with Crippen LogP contribution in [0.25, 0.3) is 10.6 Å². The molecule has 1 atom stereocenters. The lowest BCUT2D eigenvalue weighted by atomic mass is 10.1. The van der Waals surface area contributed by atoms with E-state index in [1.165, 1.54) is 5.56 Å². The molecule has 0 saturated heterocycles. The average molecular weight is 239 g/mol. The van der Waals surface area contributed by atoms with Crippen molar-refractivity contribution in [3.05, 3.63) is 34.8 Å². The fourth-order valence-corrected chi connectivity index (χ4v) is 2.36. The number of hydrogen-bond donors (Lipinski definition) is 0. The largest absolute Gasteiger partial charge is 0.148 e. The van der Waals surface area contributed by atoms with Crippen LogP contribution >= 0.6 is 22.9 Å². The van der Waals surface area contributed by atoms with Crippen molar-refractivity contribution < 1.29 is 0 Å². The highest BCUT2D eigenvalue weighted by atomic mass is 35.5. The van der Waals surface area contributed by atoms with Gasteiger partial charge >= 0.3 is 0 Å². The lowest BCUT2D eigenvalue weighted by Gasteiger charge is -1.99. The number of nitrogens with zero attached hydrogens (tertiary/aromatic N) is 2. The van der Waals surface area contributed by atoms with Crippen molar-refractivity contribution in [3.8, 4) is 10.6 Å². The topological polar surface area (TPSA) is 25.8 Å². The average Bonchev–Trinajstić information content (AvgIpc) is 2.67. The Morgan fingerprint density at radius 2 is 2.00 bits per heavy atom. The highest BCUT2D eigenvalue weighted by Gasteiger charge is 2.11. The van der Waals surface area contributed by atoms with Crippen LogP contribution in [-0.4, -0.2) is 10.2 Å². The van der Waals surface area contributed by atoms with Crippen molar-refractivity contribution >= 4 is 22.9 Å². The summed E-state index contributed by atoms with van der Waals surface area (Å²) < 4.78 is 0. The second-order valence-corrected chi connectivity index (χ2v) is 5.04. The minimum absolute atomic E-state index is 0.0692. The van der Waals surface area contributed by atoms with Gasteiger partial charge in [0.25, 0.3) is 0 Å². The lowest BCUT2D eigenvalue weighted by Crippen LogP contribution is -1.82. The fraction of sp³-hybridized carbons (Fsp3) is 0.273. The van der Waals surface area contributed by atoms with Gasteiger partial charge in [-0.25, -0.2) is 0 Å². The molecule has 2 nitrogen and oxygen atoms in total. The summed E-state index contributed by atoms with van der Waals surface area (Å²) in [5.74, 6) is 0. The first-order valence-corrected chi connectivity index (χ1v) is 5.97. The molecule has 0 aliphatic rings. The van der Waals surface area contributed by atoms with Crippen LogP contribution in [0.3, 0.4) is 0 Å². The molecule has 0 spiro atoms. The van der Waals surface area contributed by atoms with Crippen LogP contribution in [0.4, 0.5) is 0 Å². The molecule has 1 heterocycles. The van der Waals surface area contributed by atoms with E-state index < -0.39 is 0 Å². The molecule has 0 fully saturated rings. The van der Waals surface area contributed by atoms with Crippen LogP contribution in [0.1, 0.15) is 22.9 Å². The zero-order valence-electron chi connectivity index (χ0n) is 8.57. The first-order valence-electron chi connectivity index (χ1n) is 4.72. The Labute approximate surface area is 97.9 Å². The van der Waals surface area contributed by atoms with Crippen molar-refractivity contribution in [2.75, 3.05) is 0 Å². The number of aryl methyl sites for hydroxylation is 1. The zero-order chi connectivity index (χ0) is 10.8. The van der Waals surface area contributed by atoms with E-state index in [4.69, 9.17) is 11.6 Å². The summed E-state index contributed by atoms with van der Waals surface area (Å²) in [4.78, 5) is 0. The summed E-state index contributed by atoms with van der Waals surface area (Å²) in [7, 11) is 0. The van der Waals surface area contributed by atoms with Crippen LogP contribution in [-0.2, 0) is 0 Å². The van der Waals surface area contributed by atoms with Gasteiger partial charge in [0, 0.05) is 5.56 Å². The Bertz CT molecular complexity index is 465. The molecule has 2 rings (SSSR count). The lowest BCUT2D eigenvalue weighted by molar-refractivity contribution is 0.962. The quantitative estimate of drug-likeness (QED) is 0.744. The van der Waals surface area contributed by atoms with Gasteiger partial charge in [-0.15, -0.1) is 21.8 Å². The van der Waals surface area contributed by atoms with E-state index in [1.807, 2.05) is 19.1 Å². The summed E-state index contributed by atoms with van der Waals surface area (Å²) in [6.45, 7) is 3.98. The van der Waals surface area contributed by atoms with Crippen LogP contribution < -0.4 is 0 Å². The molecule has 0 radical (unpaired) electrons. The number of rotatable bonds is 2. The third-order valence-corrected chi connectivity index (χ3v) is 3.63. The third kappa shape index (κ3) is 2.19. The van der Waals surface area contributed by atoms with E-state index in [0.717, 1.165) is 15.6 Å². The summed E-state index contributed by atoms with van der Waals surface area (Å²) >= 11 is 7.51. The van der Waals surface area contributed by atoms with E-state index in [-0.39, 0.29) is 5.38 Å². The molecular weight excluding hydrogens is 228 g/mol. The standard InChI is InChI=1S/C11H11ClN2S/c1-7-5-3-4-6-9(7)11-14-13-10(15-11)8(2)12/h3-6,8H,1-2H3. The number of halogens is 1. The normalized spacial score (nSPS) is 12.7. The van der Waals surface area contributed by atoms with Crippen LogP contribution in [0.2, 0.25) is 0 Å². The smallest absolute Gasteiger partial charge is 0.142 e. The number of alkyl halides is 1. The highest BCUT2D eigenvalue weighted by molar-refractivity contribution is 7.15. The van der Waals surface area contributed by atoms with Gasteiger partial charge < -0.3 is 0 Å². The first-order chi connectivity index (χ1) is 7.18. The van der Waals surface area contributed by atoms with Crippen molar-refractivity contribution in [3.63, 3.8) is 0 Å². The van der Waals surface area contributed by atoms with Crippen LogP contribution in [0, 0.1) is 6.92 Å². The molecular formula is C11H11ClN2S. The van der Waals surface area contributed by atoms with Crippen molar-refractivity contribution in [1.82, 2.24) is 10.2 Å². The SMILES string of the molecule is Cc1ccccc1-c1nnc(C(C)Cl)s1. The fourth-order valence-electron chi connectivity index (χ4n) is 1.32. The molecule has 4 heteroatoms. The van der Waals surface area contributed by atoms with Crippen LogP contribution in [0.15, 0.2) is 24.3 Å². The molecule has 15 heavy (non-hydrogen) atoms. The van der Waals surface area contributed by atoms with E-state index >= 15 is 0 Å². The summed E-state index contributed by atoms with van der Waals surface area (Å²) in [5.41, 5.74) is 2.35. The van der Waals surface area contributed by atoms with Gasteiger partial charge in [0.2, 0.25) is 0 Å². The van der Waals surface area contributed by atoms with E-state index in [9.17, 15) is 0 Å². The molecule has 0 aliphatic heterocycles. The second kappa shape index (κ2) is 4.29. The van der Waals surface area contributed by atoms with Gasteiger partial charge in [-0.05, 0) is 19.4 Å². The van der Waals surface area contributed by atoms with Crippen LogP contribution in [0.5, 0.6) is 0 Å². The molecule has 0 N–H and O–H groups in total. The maximum atomic E-state index is 5.95. The minimum Gasteiger partial charge on any atom is -0.142 e. The van der Waals surface area contributed by atoms with Crippen molar-refractivity contribution in [2.45, 2.75) is 19.2 Å². The number of aromatic nitrogens is 2. The molecule has 0 aliphatic carbocycles. The first kappa shape index (κ1) is 10.6. The molecule has 78 valence electrons. The zero-order valence-corrected chi connectivity index (χ0v) is 10.1. The van der Waals surface area contributed by atoms with Gasteiger partial charge in [-0.3, -0.25) is 0 Å². The monoisotopic (exact) mass is 238 g/mol.